The van der Waals surface area contributed by atoms with Crippen molar-refractivity contribution in [1.29, 1.82) is 0 Å². The van der Waals surface area contributed by atoms with E-state index in [1.807, 2.05) is 0 Å². The van der Waals surface area contributed by atoms with E-state index < -0.39 is 0 Å². The summed E-state index contributed by atoms with van der Waals surface area (Å²) in [7, 11) is 0. The maximum atomic E-state index is 9.80. The quantitative estimate of drug-likeness (QED) is 0.882. The van der Waals surface area contributed by atoms with Crippen molar-refractivity contribution in [3.8, 4) is 0 Å². The highest BCUT2D eigenvalue weighted by Gasteiger charge is 2.29. The van der Waals surface area contributed by atoms with Crippen molar-refractivity contribution < 1.29 is 5.11 Å². The molecule has 1 aromatic carbocycles. The minimum absolute atomic E-state index is 0.0828. The van der Waals surface area contributed by atoms with E-state index in [-0.39, 0.29) is 6.10 Å². The molecule has 0 unspecified atom stereocenters. The summed E-state index contributed by atoms with van der Waals surface area (Å²) in [4.78, 5) is 2.54. The predicted octanol–water partition coefficient (Wildman–Crippen LogP) is 3.17. The highest BCUT2D eigenvalue weighted by Crippen LogP contribution is 2.35. The van der Waals surface area contributed by atoms with Crippen LogP contribution in [-0.4, -0.2) is 35.2 Å². The molecule has 2 heteroatoms. The van der Waals surface area contributed by atoms with E-state index in [0.29, 0.717) is 0 Å². The number of likely N-dealkylation sites (tertiary alicyclic amines) is 1. The van der Waals surface area contributed by atoms with Gasteiger partial charge in [0, 0.05) is 12.6 Å². The molecule has 0 radical (unpaired) electrons. The summed E-state index contributed by atoms with van der Waals surface area (Å²) in [5, 5.41) is 9.80. The summed E-state index contributed by atoms with van der Waals surface area (Å²) >= 11 is 0. The summed E-state index contributed by atoms with van der Waals surface area (Å²) < 4.78 is 0. The molecule has 104 valence electrons. The molecule has 19 heavy (non-hydrogen) atoms. The van der Waals surface area contributed by atoms with Crippen LogP contribution >= 0.6 is 0 Å². The first-order chi connectivity index (χ1) is 9.33. The Morgan fingerprint density at radius 3 is 2.37 bits per heavy atom. The van der Waals surface area contributed by atoms with E-state index in [1.54, 1.807) is 0 Å². The second-order valence-electron chi connectivity index (χ2n) is 6.21. The van der Waals surface area contributed by atoms with Gasteiger partial charge in [0.25, 0.3) is 0 Å². The van der Waals surface area contributed by atoms with Crippen molar-refractivity contribution >= 4 is 0 Å². The van der Waals surface area contributed by atoms with Gasteiger partial charge in [0.2, 0.25) is 0 Å². The maximum Gasteiger partial charge on any atom is 0.0667 e. The van der Waals surface area contributed by atoms with Gasteiger partial charge in [-0.3, -0.25) is 4.90 Å². The predicted molar refractivity (Wildman–Crippen MR) is 78.3 cm³/mol. The van der Waals surface area contributed by atoms with Crippen molar-refractivity contribution in [2.45, 2.75) is 56.6 Å². The van der Waals surface area contributed by atoms with E-state index in [2.05, 4.69) is 35.2 Å². The Balaban J connectivity index is 1.54. The average Bonchev–Trinajstić information content (AvgIpc) is 2.48. The van der Waals surface area contributed by atoms with Crippen LogP contribution in [0.25, 0.3) is 0 Å². The van der Waals surface area contributed by atoms with Crippen molar-refractivity contribution in [2.75, 3.05) is 13.1 Å². The third kappa shape index (κ3) is 3.18. The molecular weight excluding hydrogens is 234 g/mol. The van der Waals surface area contributed by atoms with Crippen molar-refractivity contribution in [3.63, 3.8) is 0 Å². The van der Waals surface area contributed by atoms with Gasteiger partial charge in [-0.15, -0.1) is 0 Å². The van der Waals surface area contributed by atoms with E-state index >= 15 is 0 Å². The van der Waals surface area contributed by atoms with Crippen LogP contribution < -0.4 is 0 Å². The molecule has 2 fully saturated rings. The first kappa shape index (κ1) is 13.1. The Morgan fingerprint density at radius 2 is 1.68 bits per heavy atom. The number of hydrogen-bond donors (Lipinski definition) is 1. The molecule has 2 aliphatic rings. The topological polar surface area (TPSA) is 23.5 Å². The lowest BCUT2D eigenvalue weighted by Gasteiger charge is -2.40. The third-order valence-corrected chi connectivity index (χ3v) is 4.91. The zero-order valence-electron chi connectivity index (χ0n) is 11.7. The van der Waals surface area contributed by atoms with Crippen LogP contribution in [0, 0.1) is 0 Å². The van der Waals surface area contributed by atoms with Crippen LogP contribution in [0.3, 0.4) is 0 Å². The van der Waals surface area contributed by atoms with E-state index in [4.69, 9.17) is 0 Å². The monoisotopic (exact) mass is 259 g/mol. The first-order valence-electron chi connectivity index (χ1n) is 7.80. The molecular formula is C17H25NO. The molecule has 1 aliphatic heterocycles. The Bertz CT molecular complexity index is 384. The number of aliphatic hydroxyl groups excluding tert-OH is 1. The summed E-state index contributed by atoms with van der Waals surface area (Å²) in [6.07, 6.45) is 7.29. The van der Waals surface area contributed by atoms with Gasteiger partial charge in [-0.2, -0.15) is 0 Å². The van der Waals surface area contributed by atoms with E-state index in [1.165, 1.54) is 44.2 Å². The molecule has 2 nitrogen and oxygen atoms in total. The average molecular weight is 259 g/mol. The fourth-order valence-corrected chi connectivity index (χ4v) is 3.81. The number of benzene rings is 1. The highest BCUT2D eigenvalue weighted by atomic mass is 16.3. The van der Waals surface area contributed by atoms with Crippen LogP contribution in [0.4, 0.5) is 0 Å². The minimum Gasteiger partial charge on any atom is -0.392 e. The number of β-amino-alcohol motifs (C(OH)–C–C–N with tert-alkyl or cyclic N) is 1. The lowest BCUT2D eigenvalue weighted by atomic mass is 9.81. The van der Waals surface area contributed by atoms with Crippen LogP contribution in [0.2, 0.25) is 0 Å². The van der Waals surface area contributed by atoms with Crippen molar-refractivity contribution in [2.24, 2.45) is 0 Å². The van der Waals surface area contributed by atoms with Crippen LogP contribution in [0.15, 0.2) is 30.3 Å². The van der Waals surface area contributed by atoms with Crippen LogP contribution in [0.5, 0.6) is 0 Å². The van der Waals surface area contributed by atoms with Gasteiger partial charge >= 0.3 is 0 Å². The normalized spacial score (nSPS) is 33.2. The van der Waals surface area contributed by atoms with Gasteiger partial charge in [-0.05, 0) is 56.6 Å². The van der Waals surface area contributed by atoms with Crippen molar-refractivity contribution in [3.05, 3.63) is 35.9 Å². The van der Waals surface area contributed by atoms with Crippen LogP contribution in [0.1, 0.15) is 50.0 Å². The molecule has 1 saturated carbocycles. The summed E-state index contributed by atoms with van der Waals surface area (Å²) in [5.74, 6) is 0.757. The molecule has 1 heterocycles. The number of hydrogen-bond acceptors (Lipinski definition) is 2. The smallest absolute Gasteiger partial charge is 0.0667 e. The van der Waals surface area contributed by atoms with Gasteiger partial charge in [0.15, 0.2) is 0 Å². The highest BCUT2D eigenvalue weighted by molar-refractivity contribution is 5.20. The van der Waals surface area contributed by atoms with Gasteiger partial charge in [-0.1, -0.05) is 30.3 Å². The fourth-order valence-electron chi connectivity index (χ4n) is 3.81. The Labute approximate surface area is 116 Å². The molecule has 0 bridgehead atoms. The maximum absolute atomic E-state index is 9.80. The number of aliphatic hydroxyl groups is 1. The first-order valence-corrected chi connectivity index (χ1v) is 7.80. The minimum atomic E-state index is -0.0828. The van der Waals surface area contributed by atoms with Gasteiger partial charge in [0.05, 0.1) is 6.10 Å². The zero-order chi connectivity index (χ0) is 13.1. The Kier molecular flexibility index (Phi) is 4.19. The molecule has 1 N–H and O–H groups in total. The number of rotatable bonds is 2. The largest absolute Gasteiger partial charge is 0.392 e. The molecule has 1 aliphatic carbocycles. The SMILES string of the molecule is O[C@@H]1CCCN(C2CCC(c3ccccc3)CC2)C1. The molecule has 0 amide bonds. The Hall–Kier alpha value is -0.860. The standard InChI is InChI=1S/C17H25NO/c19-17-7-4-12-18(13-17)16-10-8-15(9-11-16)14-5-2-1-3-6-14/h1-3,5-6,15-17,19H,4,7-13H2/t15?,16?,17-/m1/s1. The van der Waals surface area contributed by atoms with Crippen molar-refractivity contribution in [1.82, 2.24) is 4.90 Å². The summed E-state index contributed by atoms with van der Waals surface area (Å²) in [6, 6.07) is 11.7. The van der Waals surface area contributed by atoms with Gasteiger partial charge in [-0.25, -0.2) is 0 Å². The molecule has 0 aromatic heterocycles. The molecule has 1 atom stereocenters. The number of piperidine rings is 1. The Morgan fingerprint density at radius 1 is 0.947 bits per heavy atom. The van der Waals surface area contributed by atoms with Crippen LogP contribution in [-0.2, 0) is 0 Å². The van der Waals surface area contributed by atoms with E-state index in [9.17, 15) is 5.11 Å². The van der Waals surface area contributed by atoms with Gasteiger partial charge in [0.1, 0.15) is 0 Å². The van der Waals surface area contributed by atoms with E-state index in [0.717, 1.165) is 24.9 Å². The number of nitrogens with zero attached hydrogens (tertiary/aromatic N) is 1. The fraction of sp³-hybridized carbons (Fsp3) is 0.647. The second kappa shape index (κ2) is 6.06. The molecule has 0 spiro atoms. The summed E-state index contributed by atoms with van der Waals surface area (Å²) in [5.41, 5.74) is 1.51. The molecule has 1 saturated heterocycles. The lowest BCUT2D eigenvalue weighted by Crippen LogP contribution is -2.45. The third-order valence-electron chi connectivity index (χ3n) is 4.91. The molecule has 3 rings (SSSR count). The summed E-state index contributed by atoms with van der Waals surface area (Å²) in [6.45, 7) is 2.10. The second-order valence-corrected chi connectivity index (χ2v) is 6.21. The van der Waals surface area contributed by atoms with Gasteiger partial charge < -0.3 is 5.11 Å². The molecule has 1 aromatic rings. The zero-order valence-corrected chi connectivity index (χ0v) is 11.7. The lowest BCUT2D eigenvalue weighted by molar-refractivity contribution is 0.0344.